The number of nitrogens with one attached hydrogen (secondary N) is 2. The van der Waals surface area contributed by atoms with E-state index in [0.29, 0.717) is 36.5 Å². The summed E-state index contributed by atoms with van der Waals surface area (Å²) in [7, 11) is 1.87. The van der Waals surface area contributed by atoms with Crippen LogP contribution in [0.15, 0.2) is 36.1 Å². The predicted octanol–water partition coefficient (Wildman–Crippen LogP) is 2.88. The van der Waals surface area contributed by atoms with Crippen molar-refractivity contribution in [3.05, 3.63) is 41.0 Å². The van der Waals surface area contributed by atoms with Gasteiger partial charge in [0.1, 0.15) is 11.6 Å². The quantitative estimate of drug-likeness (QED) is 0.443. The molecule has 11 heteroatoms. The molecule has 0 unspecified atom stereocenters. The normalized spacial score (nSPS) is 15.9. The standard InChI is InChI=1S/C21H23N7O3S/c1-3-22-19(29)17-8-13(12-32-17)24-21-25-16-4-6-28(14-9-23-27(2)10-14)18(16)20(26-21)31-15-5-7-30-11-15/h4,6,8-10,12,15H,3,5,7,11H2,1-2H3,(H,22,29)(H,24,25,26)/t15-/m1/s1. The molecule has 0 radical (unpaired) electrons. The first-order valence-corrected chi connectivity index (χ1v) is 11.2. The molecule has 0 aliphatic carbocycles. The van der Waals surface area contributed by atoms with E-state index in [0.717, 1.165) is 28.8 Å². The molecule has 4 aromatic heterocycles. The lowest BCUT2D eigenvalue weighted by atomic mass is 10.3. The number of rotatable bonds is 7. The highest BCUT2D eigenvalue weighted by Gasteiger charge is 2.22. The summed E-state index contributed by atoms with van der Waals surface area (Å²) >= 11 is 1.36. The Hall–Kier alpha value is -3.44. The number of thiophene rings is 1. The second-order valence-corrected chi connectivity index (χ2v) is 8.34. The van der Waals surface area contributed by atoms with Crippen molar-refractivity contribution in [1.29, 1.82) is 0 Å². The van der Waals surface area contributed by atoms with E-state index < -0.39 is 0 Å². The number of anilines is 2. The summed E-state index contributed by atoms with van der Waals surface area (Å²) in [5.74, 6) is 0.775. The second kappa shape index (κ2) is 8.60. The summed E-state index contributed by atoms with van der Waals surface area (Å²) in [5.41, 5.74) is 3.14. The first-order valence-electron chi connectivity index (χ1n) is 10.4. The lowest BCUT2D eigenvalue weighted by Gasteiger charge is -2.14. The Morgan fingerprint density at radius 3 is 3.06 bits per heavy atom. The van der Waals surface area contributed by atoms with Crippen LogP contribution in [0.2, 0.25) is 0 Å². The molecular formula is C21H23N7O3S. The first kappa shape index (κ1) is 20.5. The molecule has 1 fully saturated rings. The Kier molecular flexibility index (Phi) is 5.50. The number of fused-ring (bicyclic) bond motifs is 1. The Morgan fingerprint density at radius 1 is 1.41 bits per heavy atom. The average molecular weight is 454 g/mol. The van der Waals surface area contributed by atoms with Gasteiger partial charge in [-0.25, -0.2) is 4.98 Å². The number of hydrogen-bond acceptors (Lipinski definition) is 8. The molecule has 10 nitrogen and oxygen atoms in total. The van der Waals surface area contributed by atoms with Crippen molar-refractivity contribution in [2.75, 3.05) is 25.1 Å². The van der Waals surface area contributed by atoms with E-state index in [1.807, 2.05) is 42.4 Å². The Labute approximate surface area is 188 Å². The van der Waals surface area contributed by atoms with Gasteiger partial charge in [0, 0.05) is 37.8 Å². The molecule has 0 aromatic carbocycles. The third-order valence-electron chi connectivity index (χ3n) is 5.05. The van der Waals surface area contributed by atoms with Gasteiger partial charge in [-0.05, 0) is 19.1 Å². The number of carbonyl (C=O) groups excluding carboxylic acids is 1. The van der Waals surface area contributed by atoms with Gasteiger partial charge in [-0.1, -0.05) is 0 Å². The van der Waals surface area contributed by atoms with Crippen molar-refractivity contribution < 1.29 is 14.3 Å². The third kappa shape index (κ3) is 4.04. The van der Waals surface area contributed by atoms with Gasteiger partial charge < -0.3 is 24.7 Å². The zero-order valence-corrected chi connectivity index (χ0v) is 18.6. The summed E-state index contributed by atoms with van der Waals surface area (Å²) in [5, 5.41) is 12.1. The number of aromatic nitrogens is 5. The third-order valence-corrected chi connectivity index (χ3v) is 5.98. The van der Waals surface area contributed by atoms with Crippen LogP contribution < -0.4 is 15.4 Å². The highest BCUT2D eigenvalue weighted by Crippen LogP contribution is 2.31. The monoisotopic (exact) mass is 453 g/mol. The van der Waals surface area contributed by atoms with Crippen LogP contribution in [0.4, 0.5) is 11.6 Å². The Bertz CT molecular complexity index is 1260. The van der Waals surface area contributed by atoms with E-state index in [9.17, 15) is 4.79 Å². The van der Waals surface area contributed by atoms with E-state index in [1.54, 1.807) is 16.9 Å². The van der Waals surface area contributed by atoms with Crippen LogP contribution in [-0.4, -0.2) is 56.1 Å². The van der Waals surface area contributed by atoms with Gasteiger partial charge in [-0.3, -0.25) is 9.48 Å². The van der Waals surface area contributed by atoms with Gasteiger partial charge in [0.2, 0.25) is 11.8 Å². The van der Waals surface area contributed by atoms with E-state index in [4.69, 9.17) is 9.47 Å². The van der Waals surface area contributed by atoms with Crippen molar-refractivity contribution >= 4 is 39.9 Å². The van der Waals surface area contributed by atoms with Gasteiger partial charge in [-0.2, -0.15) is 10.1 Å². The maximum absolute atomic E-state index is 12.1. The van der Waals surface area contributed by atoms with Crippen molar-refractivity contribution in [3.63, 3.8) is 0 Å². The van der Waals surface area contributed by atoms with Crippen molar-refractivity contribution in [2.24, 2.45) is 7.05 Å². The van der Waals surface area contributed by atoms with Crippen molar-refractivity contribution in [1.82, 2.24) is 29.6 Å². The van der Waals surface area contributed by atoms with Gasteiger partial charge in [0.15, 0.2) is 0 Å². The number of ether oxygens (including phenoxy) is 2. The fourth-order valence-electron chi connectivity index (χ4n) is 3.56. The minimum Gasteiger partial charge on any atom is -0.470 e. The van der Waals surface area contributed by atoms with Crippen LogP contribution in [0.3, 0.4) is 0 Å². The lowest BCUT2D eigenvalue weighted by Crippen LogP contribution is -2.21. The van der Waals surface area contributed by atoms with E-state index in [1.165, 1.54) is 11.3 Å². The molecule has 1 aliphatic rings. The molecule has 0 spiro atoms. The van der Waals surface area contributed by atoms with Crippen molar-refractivity contribution in [3.8, 4) is 11.6 Å². The maximum Gasteiger partial charge on any atom is 0.261 e. The molecule has 4 aromatic rings. The highest BCUT2D eigenvalue weighted by atomic mass is 32.1. The lowest BCUT2D eigenvalue weighted by molar-refractivity contribution is 0.0960. The molecule has 5 rings (SSSR count). The SMILES string of the molecule is CCNC(=O)c1cc(Nc2nc(O[C@@H]3CCOC3)c3c(ccn3-c3cnn(C)c3)n2)cs1. The molecule has 1 atom stereocenters. The van der Waals surface area contributed by atoms with Crippen molar-refractivity contribution in [2.45, 2.75) is 19.4 Å². The predicted molar refractivity (Wildman–Crippen MR) is 121 cm³/mol. The molecule has 32 heavy (non-hydrogen) atoms. The molecular weight excluding hydrogens is 430 g/mol. The number of hydrogen-bond donors (Lipinski definition) is 2. The average Bonchev–Trinajstić information content (AvgIpc) is 3.55. The number of aryl methyl sites for hydroxylation is 1. The Balaban J connectivity index is 1.51. The Morgan fingerprint density at radius 2 is 2.31 bits per heavy atom. The number of nitrogens with zero attached hydrogens (tertiary/aromatic N) is 5. The number of amides is 1. The molecule has 5 heterocycles. The summed E-state index contributed by atoms with van der Waals surface area (Å²) in [4.78, 5) is 22.0. The summed E-state index contributed by atoms with van der Waals surface area (Å²) < 4.78 is 15.4. The molecule has 166 valence electrons. The van der Waals surface area contributed by atoms with Crippen LogP contribution in [-0.2, 0) is 11.8 Å². The minimum atomic E-state index is -0.0966. The van der Waals surface area contributed by atoms with Crippen LogP contribution in [0.5, 0.6) is 5.88 Å². The highest BCUT2D eigenvalue weighted by molar-refractivity contribution is 7.12. The van der Waals surface area contributed by atoms with Gasteiger partial charge in [0.05, 0.1) is 41.2 Å². The maximum atomic E-state index is 12.1. The van der Waals surface area contributed by atoms with Crippen LogP contribution in [0, 0.1) is 0 Å². The summed E-state index contributed by atoms with van der Waals surface area (Å²) in [6.45, 7) is 3.68. The second-order valence-electron chi connectivity index (χ2n) is 7.43. The zero-order valence-electron chi connectivity index (χ0n) is 17.7. The number of carbonyl (C=O) groups is 1. The summed E-state index contributed by atoms with van der Waals surface area (Å²) in [6, 6.07) is 3.70. The topological polar surface area (TPSA) is 108 Å². The fourth-order valence-corrected chi connectivity index (χ4v) is 4.32. The van der Waals surface area contributed by atoms with Crippen LogP contribution >= 0.6 is 11.3 Å². The van der Waals surface area contributed by atoms with Crippen LogP contribution in [0.1, 0.15) is 23.0 Å². The molecule has 1 aliphatic heterocycles. The molecule has 1 amide bonds. The van der Waals surface area contributed by atoms with E-state index >= 15 is 0 Å². The molecule has 2 N–H and O–H groups in total. The molecule has 1 saturated heterocycles. The molecule has 0 saturated carbocycles. The zero-order chi connectivity index (χ0) is 22.1. The van der Waals surface area contributed by atoms with Gasteiger partial charge >= 0.3 is 0 Å². The minimum absolute atomic E-state index is 0.0660. The smallest absolute Gasteiger partial charge is 0.261 e. The van der Waals surface area contributed by atoms with E-state index in [-0.39, 0.29) is 12.0 Å². The summed E-state index contributed by atoms with van der Waals surface area (Å²) in [6.07, 6.45) is 6.37. The van der Waals surface area contributed by atoms with Gasteiger partial charge in [0.25, 0.3) is 5.91 Å². The van der Waals surface area contributed by atoms with Crippen LogP contribution in [0.25, 0.3) is 16.7 Å². The van der Waals surface area contributed by atoms with E-state index in [2.05, 4.69) is 25.7 Å². The fraction of sp³-hybridized carbons (Fsp3) is 0.333. The largest absolute Gasteiger partial charge is 0.470 e. The van der Waals surface area contributed by atoms with Gasteiger partial charge in [-0.15, -0.1) is 11.3 Å². The molecule has 0 bridgehead atoms. The first-order chi connectivity index (χ1) is 15.6.